The zero-order valence-electron chi connectivity index (χ0n) is 18.5. The van der Waals surface area contributed by atoms with Gasteiger partial charge in [0.05, 0.1) is 34.5 Å². The van der Waals surface area contributed by atoms with Crippen molar-refractivity contribution in [3.8, 4) is 17.2 Å². The number of halogens is 1. The Morgan fingerprint density at radius 1 is 1.17 bits per heavy atom. The van der Waals surface area contributed by atoms with Crippen LogP contribution in [0, 0.1) is 5.41 Å². The number of benzene rings is 1. The van der Waals surface area contributed by atoms with Crippen molar-refractivity contribution in [2.45, 2.75) is 26.2 Å². The summed E-state index contributed by atoms with van der Waals surface area (Å²) in [5, 5.41) is 16.1. The van der Waals surface area contributed by atoms with Crippen LogP contribution in [0.4, 0.5) is 0 Å². The monoisotopic (exact) mass is 537 g/mol. The Labute approximate surface area is 196 Å². The van der Waals surface area contributed by atoms with Crippen molar-refractivity contribution < 1.29 is 24.1 Å². The van der Waals surface area contributed by atoms with Crippen LogP contribution >= 0.6 is 24.0 Å². The number of aliphatic imine (C=N–C) groups is 1. The summed E-state index contributed by atoms with van der Waals surface area (Å²) in [6.45, 7) is 5.66. The lowest BCUT2D eigenvalue weighted by Gasteiger charge is -2.25. The Morgan fingerprint density at radius 2 is 1.93 bits per heavy atom. The number of nitrogens with one attached hydrogen (secondary N) is 2. The molecule has 1 heterocycles. The molecule has 1 aliphatic heterocycles. The molecule has 1 saturated heterocycles. The van der Waals surface area contributed by atoms with Crippen molar-refractivity contribution in [1.82, 2.24) is 10.6 Å². The van der Waals surface area contributed by atoms with Gasteiger partial charge < -0.3 is 34.7 Å². The summed E-state index contributed by atoms with van der Waals surface area (Å²) < 4.78 is 21.9. The first-order chi connectivity index (χ1) is 14.1. The molecule has 2 rings (SSSR count). The lowest BCUT2D eigenvalue weighted by Crippen LogP contribution is -2.39. The minimum absolute atomic E-state index is 0. The predicted molar refractivity (Wildman–Crippen MR) is 129 cm³/mol. The molecule has 8 nitrogen and oxygen atoms in total. The fourth-order valence-electron chi connectivity index (χ4n) is 3.55. The number of aliphatic hydroxyl groups excluding tert-OH is 1. The first-order valence-electron chi connectivity index (χ1n) is 10.1. The number of hydrogen-bond acceptors (Lipinski definition) is 6. The van der Waals surface area contributed by atoms with Crippen molar-refractivity contribution in [1.29, 1.82) is 0 Å². The lowest BCUT2D eigenvalue weighted by molar-refractivity contribution is 0.131. The Morgan fingerprint density at radius 3 is 2.50 bits per heavy atom. The second kappa shape index (κ2) is 13.8. The molecule has 0 spiro atoms. The van der Waals surface area contributed by atoms with Crippen LogP contribution in [0.25, 0.3) is 0 Å². The zero-order chi connectivity index (χ0) is 21.1. The van der Waals surface area contributed by atoms with E-state index in [0.717, 1.165) is 37.5 Å². The van der Waals surface area contributed by atoms with Crippen LogP contribution in [0.15, 0.2) is 17.1 Å². The third kappa shape index (κ3) is 7.05. The zero-order valence-corrected chi connectivity index (χ0v) is 20.8. The molecule has 1 atom stereocenters. The van der Waals surface area contributed by atoms with Gasteiger partial charge in [-0.2, -0.15) is 0 Å². The first-order valence-corrected chi connectivity index (χ1v) is 10.1. The van der Waals surface area contributed by atoms with Gasteiger partial charge >= 0.3 is 0 Å². The van der Waals surface area contributed by atoms with E-state index in [1.807, 2.05) is 19.1 Å². The van der Waals surface area contributed by atoms with Crippen molar-refractivity contribution in [3.05, 3.63) is 17.7 Å². The first kappa shape index (κ1) is 26.6. The quantitative estimate of drug-likeness (QED) is 0.227. The summed E-state index contributed by atoms with van der Waals surface area (Å²) in [5.74, 6) is 2.68. The summed E-state index contributed by atoms with van der Waals surface area (Å²) in [6, 6.07) is 3.87. The highest BCUT2D eigenvalue weighted by Crippen LogP contribution is 2.39. The van der Waals surface area contributed by atoms with Gasteiger partial charge in [0.2, 0.25) is 5.75 Å². The maximum Gasteiger partial charge on any atom is 0.203 e. The van der Waals surface area contributed by atoms with Crippen LogP contribution in [0.5, 0.6) is 17.2 Å². The van der Waals surface area contributed by atoms with Crippen LogP contribution in [-0.2, 0) is 11.2 Å². The predicted octanol–water partition coefficient (Wildman–Crippen LogP) is 2.22. The van der Waals surface area contributed by atoms with Crippen LogP contribution in [0.2, 0.25) is 0 Å². The molecule has 0 amide bonds. The van der Waals surface area contributed by atoms with Crippen LogP contribution in [0.3, 0.4) is 0 Å². The summed E-state index contributed by atoms with van der Waals surface area (Å²) >= 11 is 0. The van der Waals surface area contributed by atoms with E-state index in [4.69, 9.17) is 23.9 Å². The van der Waals surface area contributed by atoms with Crippen molar-refractivity contribution in [2.75, 3.05) is 60.8 Å². The maximum atomic E-state index is 9.39. The van der Waals surface area contributed by atoms with E-state index in [-0.39, 0.29) is 36.0 Å². The summed E-state index contributed by atoms with van der Waals surface area (Å²) in [6.07, 6.45) is 2.37. The molecule has 1 aliphatic rings. The number of methoxy groups -OCH3 is 3. The molecule has 0 bridgehead atoms. The molecular weight excluding hydrogens is 501 g/mol. The number of ether oxygens (including phenoxy) is 4. The fraction of sp³-hybridized carbons (Fsp3) is 0.667. The molecule has 1 unspecified atom stereocenters. The van der Waals surface area contributed by atoms with Crippen molar-refractivity contribution in [2.24, 2.45) is 10.4 Å². The van der Waals surface area contributed by atoms with Gasteiger partial charge in [0.25, 0.3) is 0 Å². The molecule has 0 aromatic heterocycles. The number of guanidine groups is 1. The minimum atomic E-state index is -0.0658. The largest absolute Gasteiger partial charge is 0.493 e. The highest BCUT2D eigenvalue weighted by Gasteiger charge is 2.34. The number of rotatable bonds is 11. The maximum absolute atomic E-state index is 9.39. The molecule has 0 radical (unpaired) electrons. The van der Waals surface area contributed by atoms with E-state index in [2.05, 4.69) is 10.6 Å². The molecule has 1 aromatic rings. The van der Waals surface area contributed by atoms with E-state index in [1.54, 1.807) is 21.3 Å². The van der Waals surface area contributed by atoms with Crippen molar-refractivity contribution >= 4 is 29.9 Å². The van der Waals surface area contributed by atoms with Crippen LogP contribution in [-0.4, -0.2) is 71.9 Å². The summed E-state index contributed by atoms with van der Waals surface area (Å²) in [7, 11) is 4.84. The molecule has 1 aromatic carbocycles. The molecule has 0 saturated carbocycles. The van der Waals surface area contributed by atoms with Crippen molar-refractivity contribution in [3.63, 3.8) is 0 Å². The van der Waals surface area contributed by atoms with E-state index < -0.39 is 0 Å². The molecule has 1 fully saturated rings. The van der Waals surface area contributed by atoms with Gasteiger partial charge in [-0.15, -0.1) is 24.0 Å². The van der Waals surface area contributed by atoms with Gasteiger partial charge in [-0.05, 0) is 32.3 Å². The average molecular weight is 537 g/mol. The van der Waals surface area contributed by atoms with E-state index >= 15 is 0 Å². The van der Waals surface area contributed by atoms with Gasteiger partial charge in [-0.25, -0.2) is 0 Å². The third-order valence-electron chi connectivity index (χ3n) is 5.22. The number of hydrogen-bond donors (Lipinski definition) is 3. The SMILES string of the molecule is CCNC(=NCC1(CCO)CCOC1)NCCc1ccc(OC)c(OC)c1OC.I. The molecular formula is C21H36IN3O5. The Bertz CT molecular complexity index is 666. The average Bonchev–Trinajstić information content (AvgIpc) is 3.20. The van der Waals surface area contributed by atoms with Gasteiger partial charge in [0.15, 0.2) is 17.5 Å². The second-order valence-electron chi connectivity index (χ2n) is 7.14. The fourth-order valence-corrected chi connectivity index (χ4v) is 3.55. The highest BCUT2D eigenvalue weighted by molar-refractivity contribution is 14.0. The number of nitrogens with zero attached hydrogens (tertiary/aromatic N) is 1. The van der Waals surface area contributed by atoms with Gasteiger partial charge in [0, 0.05) is 37.3 Å². The standard InChI is InChI=1S/C21H35N3O5.HI/c1-5-22-20(24-14-21(9-12-25)10-13-29-15-21)23-11-8-16-6-7-17(26-2)19(28-4)18(16)27-3;/h6-7,25H,5,8-15H2,1-4H3,(H2,22,23,24);1H. The third-order valence-corrected chi connectivity index (χ3v) is 5.22. The normalized spacial score (nSPS) is 18.5. The number of aliphatic hydroxyl groups is 1. The van der Waals surface area contributed by atoms with E-state index in [0.29, 0.717) is 43.4 Å². The van der Waals surface area contributed by atoms with Crippen LogP contribution < -0.4 is 24.8 Å². The molecule has 9 heteroatoms. The molecule has 3 N–H and O–H groups in total. The van der Waals surface area contributed by atoms with Gasteiger partial charge in [0.1, 0.15) is 0 Å². The van der Waals surface area contributed by atoms with E-state index in [1.165, 1.54) is 0 Å². The Balaban J connectivity index is 0.00000450. The topological polar surface area (TPSA) is 93.6 Å². The lowest BCUT2D eigenvalue weighted by atomic mass is 9.84. The van der Waals surface area contributed by atoms with Gasteiger partial charge in [-0.1, -0.05) is 6.07 Å². The second-order valence-corrected chi connectivity index (χ2v) is 7.14. The Hall–Kier alpha value is -1.46. The van der Waals surface area contributed by atoms with Gasteiger partial charge in [-0.3, -0.25) is 4.99 Å². The minimum Gasteiger partial charge on any atom is -0.493 e. The van der Waals surface area contributed by atoms with E-state index in [9.17, 15) is 5.11 Å². The molecule has 0 aliphatic carbocycles. The molecule has 172 valence electrons. The Kier molecular flexibility index (Phi) is 12.2. The summed E-state index contributed by atoms with van der Waals surface area (Å²) in [5.41, 5.74) is 0.957. The highest BCUT2D eigenvalue weighted by atomic mass is 127. The van der Waals surface area contributed by atoms with Crippen LogP contribution in [0.1, 0.15) is 25.3 Å². The molecule has 30 heavy (non-hydrogen) atoms. The smallest absolute Gasteiger partial charge is 0.203 e. The summed E-state index contributed by atoms with van der Waals surface area (Å²) in [4.78, 5) is 4.75.